The molecule has 0 aromatic carbocycles. The van der Waals surface area contributed by atoms with Gasteiger partial charge < -0.3 is 0 Å². The lowest BCUT2D eigenvalue weighted by molar-refractivity contribution is 1.12. The van der Waals surface area contributed by atoms with Crippen LogP contribution in [0.3, 0.4) is 0 Å². The average Bonchev–Trinajstić information content (AvgIpc) is 1.91. The largest absolute Gasteiger partial charge is 0.258 e. The van der Waals surface area contributed by atoms with Gasteiger partial charge in [-0.3, -0.25) is 4.98 Å². The molecule has 1 aromatic rings. The predicted molar refractivity (Wildman–Crippen MR) is 40.4 cm³/mol. The molecule has 52 valence electrons. The van der Waals surface area contributed by atoms with Crippen LogP contribution in [-0.4, -0.2) is 4.98 Å². The standard InChI is InChI=1S/C7H9N.CHN/c1-6-4-3-5-7(2)8-6;1-2/h3-5H,1-2H3;1H. The first-order valence-electron chi connectivity index (χ1n) is 2.95. The molecule has 0 saturated carbocycles. The molecule has 0 N–H and O–H groups in total. The molecule has 0 radical (unpaired) electrons. The molecule has 0 saturated heterocycles. The molecule has 1 heterocycles. The Balaban J connectivity index is 0.000000371. The Kier molecular flexibility index (Phi) is 3.90. The number of pyridine rings is 1. The summed E-state index contributed by atoms with van der Waals surface area (Å²) in [5.74, 6) is 0. The van der Waals surface area contributed by atoms with E-state index >= 15 is 0 Å². The highest BCUT2D eigenvalue weighted by atomic mass is 14.7. The van der Waals surface area contributed by atoms with E-state index < -0.39 is 0 Å². The summed E-state index contributed by atoms with van der Waals surface area (Å²) in [7, 11) is 0. The van der Waals surface area contributed by atoms with E-state index in [9.17, 15) is 0 Å². The summed E-state index contributed by atoms with van der Waals surface area (Å²) in [6, 6.07) is 6.00. The highest BCUT2D eigenvalue weighted by Gasteiger charge is 1.82. The Morgan fingerprint density at radius 1 is 1.20 bits per heavy atom. The van der Waals surface area contributed by atoms with Gasteiger partial charge in [0.1, 0.15) is 0 Å². The van der Waals surface area contributed by atoms with E-state index in [-0.39, 0.29) is 0 Å². The Morgan fingerprint density at radius 3 is 1.80 bits per heavy atom. The minimum Gasteiger partial charge on any atom is -0.258 e. The van der Waals surface area contributed by atoms with Gasteiger partial charge in [0.25, 0.3) is 0 Å². The van der Waals surface area contributed by atoms with Crippen molar-refractivity contribution in [2.24, 2.45) is 0 Å². The summed E-state index contributed by atoms with van der Waals surface area (Å²) in [4.78, 5) is 4.17. The van der Waals surface area contributed by atoms with Crippen LogP contribution in [0.1, 0.15) is 11.4 Å². The molecule has 0 amide bonds. The number of aromatic nitrogens is 1. The summed E-state index contributed by atoms with van der Waals surface area (Å²) in [5.41, 5.74) is 2.18. The molecule has 0 fully saturated rings. The number of nitriles is 1. The summed E-state index contributed by atoms with van der Waals surface area (Å²) < 4.78 is 0. The fourth-order valence-corrected chi connectivity index (χ4v) is 0.679. The number of nitrogens with zero attached hydrogens (tertiary/aromatic N) is 2. The van der Waals surface area contributed by atoms with Gasteiger partial charge in [-0.05, 0) is 26.0 Å². The van der Waals surface area contributed by atoms with Crippen LogP contribution in [0.25, 0.3) is 0 Å². The molecule has 1 rings (SSSR count). The van der Waals surface area contributed by atoms with Crippen molar-refractivity contribution in [3.05, 3.63) is 29.6 Å². The molecule has 0 aliphatic rings. The first-order chi connectivity index (χ1) is 4.79. The van der Waals surface area contributed by atoms with E-state index in [0.717, 1.165) is 11.4 Å². The minimum atomic E-state index is 1.09. The molecular formula is C8H10N2. The SMILES string of the molecule is C#N.Cc1cccc(C)n1. The van der Waals surface area contributed by atoms with Crippen molar-refractivity contribution in [1.82, 2.24) is 4.98 Å². The molecule has 0 spiro atoms. The maximum atomic E-state index is 6.50. The predicted octanol–water partition coefficient (Wildman–Crippen LogP) is 1.84. The Hall–Kier alpha value is -1.36. The van der Waals surface area contributed by atoms with Crippen molar-refractivity contribution in [1.29, 1.82) is 5.26 Å². The van der Waals surface area contributed by atoms with Crippen LogP contribution in [-0.2, 0) is 0 Å². The molecule has 0 unspecified atom stereocenters. The van der Waals surface area contributed by atoms with Gasteiger partial charge in [-0.2, -0.15) is 0 Å². The molecule has 10 heavy (non-hydrogen) atoms. The zero-order valence-corrected chi connectivity index (χ0v) is 6.20. The normalized spacial score (nSPS) is 7.60. The van der Waals surface area contributed by atoms with Gasteiger partial charge in [0.05, 0.1) is 0 Å². The summed E-state index contributed by atoms with van der Waals surface area (Å²) in [5, 5.41) is 6.50. The van der Waals surface area contributed by atoms with E-state index in [2.05, 4.69) is 11.6 Å². The van der Waals surface area contributed by atoms with Crippen LogP contribution in [0.5, 0.6) is 0 Å². The monoisotopic (exact) mass is 134 g/mol. The Morgan fingerprint density at radius 2 is 1.60 bits per heavy atom. The molecule has 2 nitrogen and oxygen atoms in total. The van der Waals surface area contributed by atoms with Gasteiger partial charge in [-0.15, -0.1) is 0 Å². The summed E-state index contributed by atoms with van der Waals surface area (Å²) in [6.07, 6.45) is 0. The molecule has 0 bridgehead atoms. The lowest BCUT2D eigenvalue weighted by Gasteiger charge is -1.90. The zero-order valence-electron chi connectivity index (χ0n) is 6.20. The van der Waals surface area contributed by atoms with E-state index in [4.69, 9.17) is 5.26 Å². The molecule has 0 aliphatic heterocycles. The summed E-state index contributed by atoms with van der Waals surface area (Å²) >= 11 is 0. The van der Waals surface area contributed by atoms with Crippen LogP contribution in [0, 0.1) is 25.7 Å². The van der Waals surface area contributed by atoms with Crippen molar-refractivity contribution < 1.29 is 0 Å². The molecular weight excluding hydrogens is 124 g/mol. The van der Waals surface area contributed by atoms with Gasteiger partial charge in [-0.1, -0.05) is 6.07 Å². The highest BCUT2D eigenvalue weighted by Crippen LogP contribution is 1.93. The second kappa shape index (κ2) is 4.51. The van der Waals surface area contributed by atoms with Crippen LogP contribution in [0.2, 0.25) is 0 Å². The van der Waals surface area contributed by atoms with Crippen molar-refractivity contribution in [2.45, 2.75) is 13.8 Å². The molecule has 0 aliphatic carbocycles. The van der Waals surface area contributed by atoms with E-state index in [1.165, 1.54) is 0 Å². The van der Waals surface area contributed by atoms with Gasteiger partial charge in [0.2, 0.25) is 0 Å². The second-order valence-electron chi connectivity index (χ2n) is 1.92. The lowest BCUT2D eigenvalue weighted by Crippen LogP contribution is -1.81. The molecule has 2 heteroatoms. The van der Waals surface area contributed by atoms with Crippen molar-refractivity contribution >= 4 is 0 Å². The van der Waals surface area contributed by atoms with E-state index in [1.807, 2.05) is 32.0 Å². The average molecular weight is 134 g/mol. The van der Waals surface area contributed by atoms with Crippen LogP contribution in [0.15, 0.2) is 18.2 Å². The first-order valence-corrected chi connectivity index (χ1v) is 2.95. The van der Waals surface area contributed by atoms with Gasteiger partial charge in [0, 0.05) is 18.0 Å². The topological polar surface area (TPSA) is 36.7 Å². The number of rotatable bonds is 0. The quantitative estimate of drug-likeness (QED) is 0.542. The van der Waals surface area contributed by atoms with Crippen LogP contribution < -0.4 is 0 Å². The van der Waals surface area contributed by atoms with Gasteiger partial charge >= 0.3 is 0 Å². The maximum Gasteiger partial charge on any atom is 0.0462 e. The second-order valence-corrected chi connectivity index (χ2v) is 1.92. The van der Waals surface area contributed by atoms with Crippen molar-refractivity contribution in [3.8, 4) is 6.57 Å². The lowest BCUT2D eigenvalue weighted by atomic mass is 10.3. The fourth-order valence-electron chi connectivity index (χ4n) is 0.679. The van der Waals surface area contributed by atoms with Gasteiger partial charge in [-0.25, -0.2) is 5.26 Å². The number of hydrogen-bond acceptors (Lipinski definition) is 2. The highest BCUT2D eigenvalue weighted by molar-refractivity contribution is 5.07. The number of aryl methyl sites for hydroxylation is 2. The smallest absolute Gasteiger partial charge is 0.0462 e. The maximum absolute atomic E-state index is 6.50. The third-order valence-electron chi connectivity index (χ3n) is 1.03. The zero-order chi connectivity index (χ0) is 7.98. The Bertz CT molecular complexity index is 198. The fraction of sp³-hybridized carbons (Fsp3) is 0.250. The van der Waals surface area contributed by atoms with Crippen LogP contribution in [0.4, 0.5) is 0 Å². The van der Waals surface area contributed by atoms with E-state index in [0.29, 0.717) is 0 Å². The molecule has 0 atom stereocenters. The van der Waals surface area contributed by atoms with Crippen LogP contribution >= 0.6 is 0 Å². The van der Waals surface area contributed by atoms with Crippen molar-refractivity contribution in [3.63, 3.8) is 0 Å². The minimum absolute atomic E-state index is 1.09. The Labute approximate surface area is 61.1 Å². The third-order valence-corrected chi connectivity index (χ3v) is 1.03. The van der Waals surface area contributed by atoms with Crippen molar-refractivity contribution in [2.75, 3.05) is 0 Å². The van der Waals surface area contributed by atoms with E-state index in [1.54, 1.807) is 0 Å². The van der Waals surface area contributed by atoms with Gasteiger partial charge in [0.15, 0.2) is 0 Å². The third kappa shape index (κ3) is 2.83. The number of hydrogen-bond donors (Lipinski definition) is 0. The summed E-state index contributed by atoms with van der Waals surface area (Å²) in [6.45, 7) is 7.49. The first kappa shape index (κ1) is 8.64. The molecule has 1 aromatic heterocycles.